The fraction of sp³-hybridized carbons (Fsp3) is 0.308. The Balaban J connectivity index is 1.64. The Morgan fingerprint density at radius 2 is 1.82 bits per heavy atom. The molecule has 0 fully saturated rings. The van der Waals surface area contributed by atoms with Crippen molar-refractivity contribution >= 4 is 20.0 Å². The molecule has 0 N–H and O–H groups in total. The molecule has 0 aromatic heterocycles. The molecule has 2 heteroatoms. The quantitative estimate of drug-likeness (QED) is 0.379. The van der Waals surface area contributed by atoms with E-state index >= 15 is 0 Å². The summed E-state index contributed by atoms with van der Waals surface area (Å²) >= 11 is -0.708. The number of allylic oxidation sites excluding steroid dienone is 5. The summed E-state index contributed by atoms with van der Waals surface area (Å²) in [5, 5.41) is 3.21. The van der Waals surface area contributed by atoms with E-state index in [1.807, 2.05) is 3.28 Å². The molecule has 0 bridgehead atoms. The molecular formula is C26H29PZr. The van der Waals surface area contributed by atoms with E-state index in [-0.39, 0.29) is 0 Å². The molecule has 2 aliphatic carbocycles. The summed E-state index contributed by atoms with van der Waals surface area (Å²) in [4.78, 5) is 0. The Morgan fingerprint density at radius 3 is 2.64 bits per heavy atom. The number of rotatable bonds is 7. The van der Waals surface area contributed by atoms with Crippen molar-refractivity contribution in [3.8, 4) is 0 Å². The molecule has 142 valence electrons. The van der Waals surface area contributed by atoms with Gasteiger partial charge in [-0.3, -0.25) is 0 Å². The van der Waals surface area contributed by atoms with E-state index in [9.17, 15) is 0 Å². The summed E-state index contributed by atoms with van der Waals surface area (Å²) in [7, 11) is 0.807. The van der Waals surface area contributed by atoms with Gasteiger partial charge in [0.1, 0.15) is 0 Å². The second-order valence-electron chi connectivity index (χ2n) is 7.90. The molecule has 2 atom stereocenters. The fourth-order valence-corrected chi connectivity index (χ4v) is 10.7. The summed E-state index contributed by atoms with van der Waals surface area (Å²) in [6.45, 7) is 6.91. The Labute approximate surface area is 183 Å². The van der Waals surface area contributed by atoms with Gasteiger partial charge in [0.25, 0.3) is 0 Å². The molecule has 0 heterocycles. The topological polar surface area (TPSA) is 0 Å². The number of hydrogen-bond acceptors (Lipinski definition) is 0. The second kappa shape index (κ2) is 9.19. The molecule has 2 aliphatic rings. The van der Waals surface area contributed by atoms with Gasteiger partial charge < -0.3 is 0 Å². The molecule has 28 heavy (non-hydrogen) atoms. The first kappa shape index (κ1) is 20.3. The number of benzene rings is 2. The molecule has 4 rings (SSSR count). The molecule has 2 aromatic rings. The van der Waals surface area contributed by atoms with E-state index in [0.29, 0.717) is 3.63 Å². The third-order valence-electron chi connectivity index (χ3n) is 5.90. The number of fused-ring (bicyclic) bond motifs is 1. The van der Waals surface area contributed by atoms with Crippen molar-refractivity contribution in [2.45, 2.75) is 50.1 Å². The molecule has 0 saturated carbocycles. The van der Waals surface area contributed by atoms with Crippen molar-refractivity contribution in [3.63, 3.8) is 0 Å². The number of unbranched alkanes of at least 4 members (excludes halogenated alkanes) is 1. The van der Waals surface area contributed by atoms with Crippen LogP contribution < -0.4 is 5.30 Å². The summed E-state index contributed by atoms with van der Waals surface area (Å²) in [6.07, 6.45) is 10.2. The van der Waals surface area contributed by atoms with Crippen LogP contribution in [-0.4, -0.2) is 0 Å². The zero-order valence-electron chi connectivity index (χ0n) is 17.2. The van der Waals surface area contributed by atoms with Crippen LogP contribution in [-0.2, 0) is 23.2 Å². The third kappa shape index (κ3) is 4.27. The maximum absolute atomic E-state index is 2.52. The Bertz CT molecular complexity index is 964. The minimum atomic E-state index is -0.708. The first-order chi connectivity index (χ1) is 13.7. The standard InChI is InChI=1S/C16H14P.C10H15.Zr/c1-12-6-2-5-9-16(12)17-15-10-13-7-3-4-8-14(13)11-15;1-3-4-7-10-8-5-6-9(10)2;/h2-11,17H,1H3;6H,3-5,7H2,1-2H3;. The summed E-state index contributed by atoms with van der Waals surface area (Å²) in [5.41, 5.74) is 7.82. The van der Waals surface area contributed by atoms with Gasteiger partial charge in [0.05, 0.1) is 0 Å². The zero-order valence-corrected chi connectivity index (χ0v) is 20.6. The monoisotopic (exact) mass is 462 g/mol. The van der Waals surface area contributed by atoms with Gasteiger partial charge in [-0.1, -0.05) is 0 Å². The van der Waals surface area contributed by atoms with Crippen LogP contribution in [0, 0.1) is 6.92 Å². The van der Waals surface area contributed by atoms with Crippen molar-refractivity contribution in [3.05, 3.63) is 91.0 Å². The van der Waals surface area contributed by atoms with E-state index in [0.717, 1.165) is 8.58 Å². The molecule has 2 aromatic carbocycles. The van der Waals surface area contributed by atoms with E-state index in [4.69, 9.17) is 0 Å². The predicted octanol–water partition coefficient (Wildman–Crippen LogP) is 7.27. The van der Waals surface area contributed by atoms with Gasteiger partial charge in [-0.25, -0.2) is 0 Å². The fourth-order valence-electron chi connectivity index (χ4n) is 4.22. The van der Waals surface area contributed by atoms with Crippen molar-refractivity contribution < 1.29 is 23.2 Å². The van der Waals surface area contributed by atoms with Crippen LogP contribution in [0.3, 0.4) is 0 Å². The third-order valence-corrected chi connectivity index (χ3v) is 12.5. The SMILES string of the molecule is CCCCC1=[C]([Zr][CH]2C(Pc3ccccc3C)=Cc3ccccc32)CC=C1C. The Morgan fingerprint density at radius 1 is 1.04 bits per heavy atom. The first-order valence-electron chi connectivity index (χ1n) is 10.5. The molecular weight excluding hydrogens is 434 g/mol. The van der Waals surface area contributed by atoms with Crippen LogP contribution in [0.2, 0.25) is 0 Å². The van der Waals surface area contributed by atoms with Gasteiger partial charge in [-0.2, -0.15) is 0 Å². The van der Waals surface area contributed by atoms with E-state index in [1.165, 1.54) is 42.1 Å². The Kier molecular flexibility index (Phi) is 6.65. The number of hydrogen-bond donors (Lipinski definition) is 0. The normalized spacial score (nSPS) is 18.6. The van der Waals surface area contributed by atoms with Crippen molar-refractivity contribution in [1.82, 2.24) is 0 Å². The molecule has 0 saturated heterocycles. The molecule has 0 aliphatic heterocycles. The summed E-state index contributed by atoms with van der Waals surface area (Å²) in [6, 6.07) is 18.1. The zero-order chi connectivity index (χ0) is 19.5. The first-order valence-corrected chi connectivity index (χ1v) is 14.1. The average molecular weight is 464 g/mol. The maximum atomic E-state index is 2.52. The van der Waals surface area contributed by atoms with Gasteiger partial charge >= 0.3 is 184 Å². The van der Waals surface area contributed by atoms with Gasteiger partial charge in [-0.15, -0.1) is 0 Å². The van der Waals surface area contributed by atoms with Crippen LogP contribution in [0.15, 0.2) is 74.3 Å². The van der Waals surface area contributed by atoms with Gasteiger partial charge in [-0.05, 0) is 0 Å². The molecule has 0 radical (unpaired) electrons. The molecule has 0 spiro atoms. The molecule has 0 nitrogen and oxygen atoms in total. The minimum absolute atomic E-state index is 0.708. The van der Waals surface area contributed by atoms with Crippen LogP contribution in [0.4, 0.5) is 0 Å². The van der Waals surface area contributed by atoms with Gasteiger partial charge in [0, 0.05) is 0 Å². The van der Waals surface area contributed by atoms with E-state index in [1.54, 1.807) is 22.0 Å². The van der Waals surface area contributed by atoms with Crippen LogP contribution in [0.1, 0.15) is 59.8 Å². The van der Waals surface area contributed by atoms with E-state index in [2.05, 4.69) is 81.5 Å². The predicted molar refractivity (Wildman–Crippen MR) is 121 cm³/mol. The summed E-state index contributed by atoms with van der Waals surface area (Å²) < 4.78 is 2.57. The second-order valence-corrected chi connectivity index (χ2v) is 12.9. The van der Waals surface area contributed by atoms with Gasteiger partial charge in [0.15, 0.2) is 0 Å². The van der Waals surface area contributed by atoms with Gasteiger partial charge in [0.2, 0.25) is 0 Å². The van der Waals surface area contributed by atoms with E-state index < -0.39 is 23.2 Å². The Hall–Kier alpha value is -1.03. The van der Waals surface area contributed by atoms with Crippen LogP contribution >= 0.6 is 8.58 Å². The number of aryl methyl sites for hydroxylation is 1. The average Bonchev–Trinajstić information content (AvgIpc) is 3.23. The summed E-state index contributed by atoms with van der Waals surface area (Å²) in [5.74, 6) is 0. The molecule has 0 amide bonds. The van der Waals surface area contributed by atoms with Crippen LogP contribution in [0.5, 0.6) is 0 Å². The van der Waals surface area contributed by atoms with Crippen LogP contribution in [0.25, 0.3) is 6.08 Å². The molecule has 2 unspecified atom stereocenters. The van der Waals surface area contributed by atoms with Crippen molar-refractivity contribution in [1.29, 1.82) is 0 Å². The van der Waals surface area contributed by atoms with Crippen molar-refractivity contribution in [2.75, 3.05) is 0 Å². The van der Waals surface area contributed by atoms with Crippen molar-refractivity contribution in [2.24, 2.45) is 0 Å².